The maximum Gasteiger partial charge on any atom is 0.408 e. The predicted molar refractivity (Wildman–Crippen MR) is 227 cm³/mol. The maximum atomic E-state index is 15.1. The first-order valence-corrected chi connectivity index (χ1v) is 21.8. The number of carbonyl (C=O) groups excluding carboxylic acids is 6. The summed E-state index contributed by atoms with van der Waals surface area (Å²) < 4.78 is 35.9. The third-order valence-electron chi connectivity index (χ3n) is 13.5. The summed E-state index contributed by atoms with van der Waals surface area (Å²) in [4.78, 5) is 84.0. The van der Waals surface area contributed by atoms with E-state index in [2.05, 4.69) is 5.32 Å². The van der Waals surface area contributed by atoms with Crippen molar-refractivity contribution in [2.75, 3.05) is 6.61 Å². The summed E-state index contributed by atoms with van der Waals surface area (Å²) in [5.74, 6) is -6.11. The van der Waals surface area contributed by atoms with Gasteiger partial charge in [0.2, 0.25) is 6.10 Å². The Morgan fingerprint density at radius 3 is 2.14 bits per heavy atom. The molecule has 1 saturated heterocycles. The third kappa shape index (κ3) is 8.69. The molecule has 1 aliphatic heterocycles. The van der Waals surface area contributed by atoms with Crippen molar-refractivity contribution in [3.05, 3.63) is 82.9 Å². The molecule has 3 aliphatic carbocycles. The highest BCUT2D eigenvalue weighted by molar-refractivity contribution is 5.94. The van der Waals surface area contributed by atoms with Gasteiger partial charge in [-0.2, -0.15) is 0 Å². The molecule has 4 aliphatic rings. The van der Waals surface area contributed by atoms with E-state index >= 15 is 4.79 Å². The third-order valence-corrected chi connectivity index (χ3v) is 13.5. The van der Waals surface area contributed by atoms with E-state index in [9.17, 15) is 39.3 Å². The molecule has 16 heteroatoms. The van der Waals surface area contributed by atoms with Gasteiger partial charge in [-0.05, 0) is 69.9 Å². The van der Waals surface area contributed by atoms with E-state index < -0.39 is 118 Å². The highest BCUT2D eigenvalue weighted by atomic mass is 16.6. The topological polar surface area (TPSA) is 231 Å². The van der Waals surface area contributed by atoms with Gasteiger partial charge in [0.05, 0.1) is 29.6 Å². The smallest absolute Gasteiger partial charge is 0.408 e. The van der Waals surface area contributed by atoms with Gasteiger partial charge < -0.3 is 49.1 Å². The second-order valence-electron chi connectivity index (χ2n) is 19.1. The fourth-order valence-corrected chi connectivity index (χ4v) is 10.2. The Labute approximate surface area is 372 Å². The molecule has 11 atom stereocenters. The minimum absolute atomic E-state index is 0.0706. The molecule has 2 aromatic rings. The number of esters is 4. The molecule has 348 valence electrons. The van der Waals surface area contributed by atoms with E-state index in [1.54, 1.807) is 83.1 Å². The standard InChI is InChI=1S/C48H61NO15/c1-10-11-22-33(52)61-37(35(28-18-14-12-15-19-28)49-43(57)64-44(4,5)6)42(56)60-30-24-48(58)40(62-41(55)29-20-16-13-17-21-29)38-46(9,39(54)36(53)34(26(30)2)45(48,7)8)31(51)23-32-47(38,25-59-32)63-27(3)50/h12-21,30-32,35-38,40,51,53,58H,10-11,22-25H2,1-9H3,(H,49,57)/t30-,31-,32+,35-,36+,37+,38?,40?,46+,47-,48+/m0/s1. The number of ketones is 1. The number of alkyl carbamates (subject to hydrolysis) is 1. The van der Waals surface area contributed by atoms with Crippen molar-refractivity contribution < 1.29 is 72.5 Å². The number of benzene rings is 2. The molecule has 64 heavy (non-hydrogen) atoms. The lowest BCUT2D eigenvalue weighted by Gasteiger charge is -2.67. The molecular weight excluding hydrogens is 831 g/mol. The van der Waals surface area contributed by atoms with Crippen LogP contribution < -0.4 is 5.32 Å². The van der Waals surface area contributed by atoms with Crippen LogP contribution in [0.5, 0.6) is 0 Å². The monoisotopic (exact) mass is 891 g/mol. The van der Waals surface area contributed by atoms with E-state index in [-0.39, 0.29) is 36.2 Å². The van der Waals surface area contributed by atoms with Gasteiger partial charge in [-0.25, -0.2) is 14.4 Å². The molecule has 0 aromatic heterocycles. The van der Waals surface area contributed by atoms with Crippen LogP contribution in [0.25, 0.3) is 0 Å². The summed E-state index contributed by atoms with van der Waals surface area (Å²) in [6, 6.07) is 14.7. The summed E-state index contributed by atoms with van der Waals surface area (Å²) in [7, 11) is 0. The number of aliphatic hydroxyl groups excluding tert-OH is 2. The molecule has 6 rings (SSSR count). The normalized spacial score (nSPS) is 31.5. The molecule has 16 nitrogen and oxygen atoms in total. The summed E-state index contributed by atoms with van der Waals surface area (Å²) in [6.07, 6.45) is -10.5. The largest absolute Gasteiger partial charge is 0.455 e. The Morgan fingerprint density at radius 2 is 1.58 bits per heavy atom. The van der Waals surface area contributed by atoms with Gasteiger partial charge in [-0.3, -0.25) is 14.4 Å². The average molecular weight is 892 g/mol. The van der Waals surface area contributed by atoms with Crippen molar-refractivity contribution in [3.8, 4) is 0 Å². The van der Waals surface area contributed by atoms with Crippen molar-refractivity contribution >= 4 is 35.8 Å². The molecule has 1 heterocycles. The van der Waals surface area contributed by atoms with Crippen molar-refractivity contribution in [1.29, 1.82) is 0 Å². The first-order chi connectivity index (χ1) is 29.9. The second-order valence-corrected chi connectivity index (χ2v) is 19.1. The van der Waals surface area contributed by atoms with Crippen molar-refractivity contribution in [2.24, 2.45) is 16.7 Å². The molecule has 2 unspecified atom stereocenters. The highest BCUT2D eigenvalue weighted by Crippen LogP contribution is 2.64. The quantitative estimate of drug-likeness (QED) is 0.125. The van der Waals surface area contributed by atoms with Crippen LogP contribution in [0.4, 0.5) is 4.79 Å². The van der Waals surface area contributed by atoms with Crippen LogP contribution in [-0.2, 0) is 47.6 Å². The van der Waals surface area contributed by atoms with Crippen LogP contribution in [0.2, 0.25) is 0 Å². The molecule has 2 saturated carbocycles. The molecular formula is C48H61NO15. The Kier molecular flexibility index (Phi) is 13.6. The maximum absolute atomic E-state index is 15.1. The average Bonchev–Trinajstić information content (AvgIpc) is 3.22. The van der Waals surface area contributed by atoms with Crippen molar-refractivity contribution in [1.82, 2.24) is 5.32 Å². The first kappa shape index (κ1) is 48.3. The molecule has 0 spiro atoms. The number of hydrogen-bond donors (Lipinski definition) is 4. The van der Waals surface area contributed by atoms with Crippen molar-refractivity contribution in [3.63, 3.8) is 0 Å². The van der Waals surface area contributed by atoms with E-state index in [0.717, 1.165) is 6.92 Å². The first-order valence-electron chi connectivity index (χ1n) is 21.8. The minimum Gasteiger partial charge on any atom is -0.455 e. The SMILES string of the molecule is CCCCC(=O)O[C@@H](C(=O)O[C@H]1C[C@@]2(O)C(OC(=O)c3ccccc3)C3[C@](C)(C(=O)[C@H](O)C(=C1C)C2(C)C)[C@@H](O)C[C@H]1OC[C@@]31OC(C)=O)[C@@H](NC(=O)OC(C)(C)C)c1ccccc1. The van der Waals surface area contributed by atoms with Crippen LogP contribution in [0, 0.1) is 16.7 Å². The Morgan fingerprint density at radius 1 is 0.953 bits per heavy atom. The number of amides is 1. The zero-order valence-corrected chi connectivity index (χ0v) is 37.9. The lowest BCUT2D eigenvalue weighted by atomic mass is 9.44. The van der Waals surface area contributed by atoms with Crippen LogP contribution in [-0.4, -0.2) is 111 Å². The van der Waals surface area contributed by atoms with Gasteiger partial charge >= 0.3 is 30.0 Å². The van der Waals surface area contributed by atoms with Crippen LogP contribution >= 0.6 is 0 Å². The molecule has 3 fully saturated rings. The summed E-state index contributed by atoms with van der Waals surface area (Å²) in [5.41, 5.74) is -8.32. The molecule has 2 aromatic carbocycles. The van der Waals surface area contributed by atoms with Crippen LogP contribution in [0.1, 0.15) is 116 Å². The number of ether oxygens (including phenoxy) is 6. The van der Waals surface area contributed by atoms with E-state index in [1.165, 1.54) is 26.0 Å². The van der Waals surface area contributed by atoms with Crippen LogP contribution in [0.3, 0.4) is 0 Å². The Balaban J connectivity index is 1.52. The fourth-order valence-electron chi connectivity index (χ4n) is 10.2. The highest BCUT2D eigenvalue weighted by Gasteiger charge is 2.78. The summed E-state index contributed by atoms with van der Waals surface area (Å²) in [6.45, 7) is 13.7. The number of fused-ring (bicyclic) bond motifs is 5. The summed E-state index contributed by atoms with van der Waals surface area (Å²) in [5, 5.41) is 40.6. The van der Waals surface area contributed by atoms with Gasteiger partial charge in [0.15, 0.2) is 11.4 Å². The number of carbonyl (C=O) groups is 6. The predicted octanol–water partition coefficient (Wildman–Crippen LogP) is 5.00. The Bertz CT molecular complexity index is 2150. The molecule has 4 N–H and O–H groups in total. The van der Waals surface area contributed by atoms with Crippen molar-refractivity contribution in [2.45, 2.75) is 154 Å². The molecule has 0 radical (unpaired) electrons. The number of Topliss-reactive ketones (excluding diaryl/α,β-unsaturated/α-hetero) is 1. The van der Waals surface area contributed by atoms with E-state index in [4.69, 9.17) is 28.4 Å². The zero-order valence-electron chi connectivity index (χ0n) is 37.9. The van der Waals surface area contributed by atoms with Gasteiger partial charge in [-0.15, -0.1) is 0 Å². The zero-order chi connectivity index (χ0) is 47.2. The minimum atomic E-state index is -2.39. The number of hydrogen-bond acceptors (Lipinski definition) is 15. The number of unbranched alkanes of at least 4 members (excludes halogenated alkanes) is 1. The lowest BCUT2D eigenvalue weighted by molar-refractivity contribution is -0.346. The molecule has 2 bridgehead atoms. The Hall–Kier alpha value is -5.16. The van der Waals surface area contributed by atoms with Gasteiger partial charge in [-0.1, -0.05) is 75.7 Å². The lowest BCUT2D eigenvalue weighted by Crippen LogP contribution is -2.81. The number of aliphatic hydroxyl groups is 3. The van der Waals surface area contributed by atoms with Gasteiger partial charge in [0.1, 0.15) is 41.7 Å². The van der Waals surface area contributed by atoms with E-state index in [1.807, 2.05) is 6.92 Å². The fraction of sp³-hybridized carbons (Fsp3) is 0.583. The van der Waals surface area contributed by atoms with Gasteiger partial charge in [0.25, 0.3) is 0 Å². The molecule has 1 amide bonds. The van der Waals surface area contributed by atoms with Gasteiger partial charge in [0, 0.05) is 31.6 Å². The van der Waals surface area contributed by atoms with E-state index in [0.29, 0.717) is 18.4 Å². The number of nitrogens with one attached hydrogen (secondary N) is 1. The second kappa shape index (κ2) is 18.0. The summed E-state index contributed by atoms with van der Waals surface area (Å²) >= 11 is 0. The number of rotatable bonds is 12. The van der Waals surface area contributed by atoms with Crippen LogP contribution in [0.15, 0.2) is 71.8 Å².